The normalized spacial score (nSPS) is 22.5. The number of aromatic amines is 1. The first-order chi connectivity index (χ1) is 36.4. The van der Waals surface area contributed by atoms with E-state index in [1.54, 1.807) is 54.7 Å². The molecule has 1 aromatic heterocycles. The van der Waals surface area contributed by atoms with Crippen molar-refractivity contribution in [1.82, 2.24) is 42.2 Å². The van der Waals surface area contributed by atoms with Gasteiger partial charge in [-0.05, 0) is 81.8 Å². The van der Waals surface area contributed by atoms with E-state index in [2.05, 4.69) is 47.2 Å². The summed E-state index contributed by atoms with van der Waals surface area (Å²) in [6.45, 7) is 5.45. The molecule has 10 atom stereocenters. The molecule has 2 heterocycles. The standard InChI is InChI=1S/C51H69N13O11S2/c1-26(65)39(42(53)68)62-49(75)41-51(3,4)77-76-25-38(61-43(69)33(52)21-28-11-6-5-7-12-28)47(73)59-36(22-29-16-18-31(67)19-17-29)45(71)60-37(23-30-24-57-34-14-9-8-13-32(30)34)46(72)58-35(15-10-20-56-50(54)55)44(70)63-40(27(2)66)48(74)64-41/h5-9,11-14,16-19,24,26-27,33,35-41,57,65-67H,10,15,20-23,25,52H2,1-4H3,(H2,53,68)(H,58,72)(H,59,73)(H,60,71)(H,61,69)(H,62,75)(H,63,70)(H,64,74)(H4,54,55,56)/t26-,27-,33+,35?,36?,37+,38?,39+,40+,41?/m1/s1. The van der Waals surface area contributed by atoms with Crippen LogP contribution in [0.15, 0.2) is 90.1 Å². The second-order valence-electron chi connectivity index (χ2n) is 19.2. The fraction of sp³-hybridized carbons (Fsp3) is 0.431. The molecule has 1 fully saturated rings. The predicted molar refractivity (Wildman–Crippen MR) is 292 cm³/mol. The molecule has 1 saturated heterocycles. The van der Waals surface area contributed by atoms with Crippen LogP contribution < -0.4 is 60.2 Å². The van der Waals surface area contributed by atoms with Crippen LogP contribution in [-0.4, -0.2) is 151 Å². The lowest BCUT2D eigenvalue weighted by molar-refractivity contribution is -0.137. The largest absolute Gasteiger partial charge is 0.508 e. The van der Waals surface area contributed by atoms with Gasteiger partial charge >= 0.3 is 0 Å². The Hall–Kier alpha value is -7.39. The maximum absolute atomic E-state index is 14.9. The molecule has 24 nitrogen and oxygen atoms in total. The lowest BCUT2D eigenvalue weighted by Crippen LogP contribution is -2.65. The van der Waals surface area contributed by atoms with Gasteiger partial charge in [-0.15, -0.1) is 0 Å². The Morgan fingerprint density at radius 1 is 0.766 bits per heavy atom. The first kappa shape index (κ1) is 60.5. The molecule has 26 heteroatoms. The number of hydrogen-bond donors (Lipinski definition) is 15. The molecule has 1 aliphatic heterocycles. The smallest absolute Gasteiger partial charge is 0.245 e. The van der Waals surface area contributed by atoms with E-state index in [0.717, 1.165) is 27.2 Å². The van der Waals surface area contributed by atoms with Gasteiger partial charge in [0.05, 0.1) is 18.2 Å². The third kappa shape index (κ3) is 17.8. The number of phenolic OH excluding ortho intramolecular Hbond substituents is 1. The van der Waals surface area contributed by atoms with Crippen molar-refractivity contribution in [3.8, 4) is 5.75 Å². The van der Waals surface area contributed by atoms with Crippen LogP contribution >= 0.6 is 21.6 Å². The second-order valence-corrected chi connectivity index (χ2v) is 22.2. The zero-order valence-corrected chi connectivity index (χ0v) is 44.6. The number of guanidine groups is 1. The molecule has 8 amide bonds. The summed E-state index contributed by atoms with van der Waals surface area (Å²) in [6.07, 6.45) is -1.83. The Bertz CT molecular complexity index is 2740. The number of fused-ring (bicyclic) bond motifs is 1. The zero-order chi connectivity index (χ0) is 56.6. The number of aromatic hydroxyl groups is 1. The zero-order valence-electron chi connectivity index (χ0n) is 43.0. The fourth-order valence-electron chi connectivity index (χ4n) is 8.23. The number of carbonyl (C=O) groups is 8. The molecule has 77 heavy (non-hydrogen) atoms. The lowest BCUT2D eigenvalue weighted by atomic mass is 9.99. The molecule has 416 valence electrons. The molecule has 0 aliphatic carbocycles. The first-order valence-electron chi connectivity index (χ1n) is 24.7. The van der Waals surface area contributed by atoms with Gasteiger partial charge in [-0.25, -0.2) is 0 Å². The van der Waals surface area contributed by atoms with Gasteiger partial charge in [0.2, 0.25) is 47.3 Å². The highest BCUT2D eigenvalue weighted by atomic mass is 33.1. The number of benzene rings is 3. The summed E-state index contributed by atoms with van der Waals surface area (Å²) in [6, 6.07) is 9.79. The van der Waals surface area contributed by atoms with Crippen molar-refractivity contribution in [3.63, 3.8) is 0 Å². The van der Waals surface area contributed by atoms with E-state index in [9.17, 15) is 53.7 Å². The third-order valence-corrected chi connectivity index (χ3v) is 15.8. The lowest BCUT2D eigenvalue weighted by Gasteiger charge is -2.36. The van der Waals surface area contributed by atoms with Gasteiger partial charge < -0.3 is 80.5 Å². The van der Waals surface area contributed by atoms with Gasteiger partial charge in [-0.2, -0.15) is 0 Å². The number of nitrogens with zero attached hydrogens (tertiary/aromatic N) is 1. The predicted octanol–water partition coefficient (Wildman–Crippen LogP) is -1.90. The Kier molecular flexibility index (Phi) is 22.1. The van der Waals surface area contributed by atoms with E-state index in [-0.39, 0.29) is 56.1 Å². The Morgan fingerprint density at radius 3 is 2.01 bits per heavy atom. The number of H-pyrrole nitrogens is 1. The molecule has 4 aromatic rings. The highest BCUT2D eigenvalue weighted by Crippen LogP contribution is 2.39. The Labute approximate surface area is 452 Å². The van der Waals surface area contributed by atoms with Crippen LogP contribution in [0.25, 0.3) is 10.9 Å². The Balaban J connectivity index is 1.64. The summed E-state index contributed by atoms with van der Waals surface area (Å²) in [7, 11) is 1.92. The number of para-hydroxylation sites is 1. The SMILES string of the molecule is C[C@@H](O)[C@H](NC(=O)C1NC(=O)[C@H]([C@@H](C)O)NC(=O)C(CCCN=C(N)N)NC(=O)[C@H](Cc2c[nH]c3ccccc23)NC(=O)C(Cc2ccc(O)cc2)NC(=O)C(NC(=O)[C@@H](N)Cc2ccccc2)CSSC1(C)C)C(N)=O. The van der Waals surface area contributed by atoms with Crippen LogP contribution in [0, 0.1) is 0 Å². The number of aromatic nitrogens is 1. The maximum atomic E-state index is 14.9. The first-order valence-corrected chi connectivity index (χ1v) is 27.0. The number of hydrogen-bond acceptors (Lipinski definition) is 15. The molecule has 1 aliphatic rings. The van der Waals surface area contributed by atoms with Gasteiger partial charge in [0.1, 0.15) is 48.0 Å². The van der Waals surface area contributed by atoms with Crippen LogP contribution in [0.4, 0.5) is 0 Å². The fourth-order valence-corrected chi connectivity index (χ4v) is 11.0. The number of nitrogens with one attached hydrogen (secondary N) is 8. The molecular formula is C51H69N13O11S2. The van der Waals surface area contributed by atoms with E-state index < -0.39 is 113 Å². The highest BCUT2D eigenvalue weighted by Gasteiger charge is 2.43. The number of aliphatic hydroxyl groups excluding tert-OH is 2. The molecule has 0 spiro atoms. The number of aliphatic hydroxyl groups is 2. The van der Waals surface area contributed by atoms with Crippen molar-refractivity contribution in [3.05, 3.63) is 102 Å². The van der Waals surface area contributed by atoms with E-state index in [4.69, 9.17) is 22.9 Å². The molecule has 0 saturated carbocycles. The second kappa shape index (κ2) is 28.1. The van der Waals surface area contributed by atoms with Gasteiger partial charge in [0, 0.05) is 47.0 Å². The number of nitrogens with two attached hydrogens (primary N) is 4. The van der Waals surface area contributed by atoms with Crippen molar-refractivity contribution in [1.29, 1.82) is 0 Å². The van der Waals surface area contributed by atoms with Crippen molar-refractivity contribution in [2.24, 2.45) is 27.9 Å². The van der Waals surface area contributed by atoms with Crippen LogP contribution in [0.2, 0.25) is 0 Å². The van der Waals surface area contributed by atoms with Gasteiger partial charge in [0.25, 0.3) is 0 Å². The minimum Gasteiger partial charge on any atom is -0.508 e. The van der Waals surface area contributed by atoms with Crippen LogP contribution in [0.5, 0.6) is 5.75 Å². The summed E-state index contributed by atoms with van der Waals surface area (Å²) >= 11 is 0. The average Bonchev–Trinajstić information content (AvgIpc) is 3.79. The van der Waals surface area contributed by atoms with Crippen molar-refractivity contribution in [2.75, 3.05) is 12.3 Å². The monoisotopic (exact) mass is 1100 g/mol. The summed E-state index contributed by atoms with van der Waals surface area (Å²) in [4.78, 5) is 121. The van der Waals surface area contributed by atoms with Gasteiger partial charge in [-0.1, -0.05) is 82.3 Å². The van der Waals surface area contributed by atoms with E-state index >= 15 is 0 Å². The van der Waals surface area contributed by atoms with Crippen LogP contribution in [0.3, 0.4) is 0 Å². The molecule has 0 bridgehead atoms. The van der Waals surface area contributed by atoms with Gasteiger partial charge in [-0.3, -0.25) is 43.3 Å². The molecular weight excluding hydrogens is 1030 g/mol. The van der Waals surface area contributed by atoms with Crippen molar-refractivity contribution in [2.45, 2.75) is 125 Å². The van der Waals surface area contributed by atoms with E-state index in [1.165, 1.54) is 52.0 Å². The number of amides is 8. The van der Waals surface area contributed by atoms with E-state index in [1.807, 2.05) is 6.07 Å². The third-order valence-electron chi connectivity index (χ3n) is 12.5. The van der Waals surface area contributed by atoms with Crippen LogP contribution in [-0.2, 0) is 57.6 Å². The minimum atomic E-state index is -1.80. The van der Waals surface area contributed by atoms with Crippen LogP contribution in [0.1, 0.15) is 57.2 Å². The number of carbonyl (C=O) groups excluding carboxylic acids is 8. The summed E-state index contributed by atoms with van der Waals surface area (Å²) in [5.41, 5.74) is 25.5. The average molecular weight is 1100 g/mol. The number of primary amides is 1. The Morgan fingerprint density at radius 2 is 1.38 bits per heavy atom. The quantitative estimate of drug-likeness (QED) is 0.0238. The number of rotatable bonds is 17. The summed E-state index contributed by atoms with van der Waals surface area (Å²) < 4.78 is -1.45. The van der Waals surface area contributed by atoms with Crippen molar-refractivity contribution < 1.29 is 53.7 Å². The molecule has 3 aromatic carbocycles. The number of aliphatic imine (C=N–C) groups is 1. The van der Waals surface area contributed by atoms with E-state index in [0.29, 0.717) is 22.0 Å². The van der Waals surface area contributed by atoms with Crippen molar-refractivity contribution >= 4 is 85.7 Å². The topological polar surface area (TPSA) is 414 Å². The van der Waals surface area contributed by atoms with Gasteiger partial charge in [0.15, 0.2) is 5.96 Å². The molecule has 0 radical (unpaired) electrons. The summed E-state index contributed by atoms with van der Waals surface area (Å²) in [5.74, 6) is -8.15. The maximum Gasteiger partial charge on any atom is 0.245 e. The highest BCUT2D eigenvalue weighted by molar-refractivity contribution is 8.77. The molecule has 5 rings (SSSR count). The summed E-state index contributed by atoms with van der Waals surface area (Å²) in [5, 5.41) is 50.6. The molecule has 4 unspecified atom stereocenters. The molecule has 19 N–H and O–H groups in total. The number of phenols is 1. The minimum absolute atomic E-state index is 0.00282.